The van der Waals surface area contributed by atoms with Gasteiger partial charge in [0.2, 0.25) is 0 Å². The highest BCUT2D eigenvalue weighted by atomic mass is 16.4. The number of nitrogens with zero attached hydrogens (tertiary/aromatic N) is 1. The molecule has 1 aliphatic heterocycles. The highest BCUT2D eigenvalue weighted by molar-refractivity contribution is 5.81. The van der Waals surface area contributed by atoms with Crippen molar-refractivity contribution in [3.05, 3.63) is 30.1 Å². The molecule has 18 heavy (non-hydrogen) atoms. The van der Waals surface area contributed by atoms with Crippen LogP contribution < -0.4 is 5.32 Å². The van der Waals surface area contributed by atoms with Crippen LogP contribution in [0.1, 0.15) is 24.9 Å². The van der Waals surface area contributed by atoms with Crippen LogP contribution in [0.25, 0.3) is 0 Å². The van der Waals surface area contributed by atoms with E-state index in [1.165, 1.54) is 0 Å². The zero-order valence-corrected chi connectivity index (χ0v) is 9.83. The maximum Gasteiger partial charge on any atom is 0.320 e. The van der Waals surface area contributed by atoms with Crippen LogP contribution in [0.4, 0.5) is 0 Å². The summed E-state index contributed by atoms with van der Waals surface area (Å²) in [5.41, 5.74) is -0.460. The van der Waals surface area contributed by atoms with Crippen molar-refractivity contribution in [3.63, 3.8) is 0 Å². The average Bonchev–Trinajstić information content (AvgIpc) is 2.70. The fraction of sp³-hybridized carbons (Fsp3) is 0.417. The Kier molecular flexibility index (Phi) is 3.04. The minimum Gasteiger partial charge on any atom is -0.481 e. The summed E-state index contributed by atoms with van der Waals surface area (Å²) < 4.78 is 0. The van der Waals surface area contributed by atoms with Crippen molar-refractivity contribution in [1.82, 2.24) is 10.3 Å². The predicted molar refractivity (Wildman–Crippen MR) is 61.9 cm³/mol. The van der Waals surface area contributed by atoms with Gasteiger partial charge in [0.25, 0.3) is 0 Å². The molecule has 6 nitrogen and oxygen atoms in total. The van der Waals surface area contributed by atoms with Crippen LogP contribution in [0.15, 0.2) is 24.5 Å². The number of carbonyl (C=O) groups is 2. The second-order valence-corrected chi connectivity index (χ2v) is 4.70. The van der Waals surface area contributed by atoms with E-state index in [1.54, 1.807) is 31.5 Å². The number of hydrogen-bond acceptors (Lipinski definition) is 4. The molecule has 1 aromatic rings. The molecule has 0 bridgehead atoms. The van der Waals surface area contributed by atoms with Gasteiger partial charge in [0, 0.05) is 12.4 Å². The summed E-state index contributed by atoms with van der Waals surface area (Å²) in [5.74, 6) is -2.04. The van der Waals surface area contributed by atoms with Crippen molar-refractivity contribution in [3.8, 4) is 0 Å². The molecule has 2 rings (SSSR count). The van der Waals surface area contributed by atoms with Gasteiger partial charge < -0.3 is 10.2 Å². The van der Waals surface area contributed by atoms with Crippen molar-refractivity contribution < 1.29 is 19.8 Å². The van der Waals surface area contributed by atoms with Gasteiger partial charge in [-0.15, -0.1) is 0 Å². The molecule has 0 aliphatic carbocycles. The number of carboxylic acids is 2. The topological polar surface area (TPSA) is 99.5 Å². The number of aromatic nitrogens is 1. The minimum absolute atomic E-state index is 0.0528. The lowest BCUT2D eigenvalue weighted by Crippen LogP contribution is -2.34. The maximum absolute atomic E-state index is 11.4. The number of aliphatic carboxylic acids is 2. The molecule has 0 aromatic carbocycles. The minimum atomic E-state index is -1.15. The lowest BCUT2D eigenvalue weighted by Gasteiger charge is -2.26. The molecule has 2 heterocycles. The first-order chi connectivity index (χ1) is 8.45. The summed E-state index contributed by atoms with van der Waals surface area (Å²) in [6.45, 7) is 1.56. The normalized spacial score (nSPS) is 31.2. The fourth-order valence-corrected chi connectivity index (χ4v) is 2.37. The van der Waals surface area contributed by atoms with Gasteiger partial charge in [-0.1, -0.05) is 6.07 Å². The molecule has 0 amide bonds. The van der Waals surface area contributed by atoms with Gasteiger partial charge in [0.05, 0.1) is 11.5 Å². The van der Waals surface area contributed by atoms with E-state index < -0.39 is 29.4 Å². The highest BCUT2D eigenvalue weighted by Gasteiger charge is 2.51. The number of pyridine rings is 1. The van der Waals surface area contributed by atoms with E-state index in [4.69, 9.17) is 5.11 Å². The standard InChI is InChI=1S/C12H14N2O4/c1-12(11(17)18)5-8(10(15)16)14-9(12)7-3-2-4-13-6-7/h2-4,6,8-9,14H,5H2,1H3,(H,15,16)(H,17,18)/t8-,9-,12-/m0/s1. The van der Waals surface area contributed by atoms with Crippen LogP contribution >= 0.6 is 0 Å². The quantitative estimate of drug-likeness (QED) is 0.728. The molecule has 1 aliphatic rings. The molecule has 1 aromatic heterocycles. The van der Waals surface area contributed by atoms with E-state index in [2.05, 4.69) is 10.3 Å². The Balaban J connectivity index is 2.38. The second kappa shape index (κ2) is 4.38. The monoisotopic (exact) mass is 250 g/mol. The van der Waals surface area contributed by atoms with E-state index in [-0.39, 0.29) is 6.42 Å². The predicted octanol–water partition coefficient (Wildman–Crippen LogP) is 0.660. The second-order valence-electron chi connectivity index (χ2n) is 4.70. The molecule has 1 saturated heterocycles. The lowest BCUT2D eigenvalue weighted by atomic mass is 9.79. The number of carboxylic acid groups (broad SMARTS) is 2. The Labute approximate surface area is 104 Å². The molecule has 0 saturated carbocycles. The Morgan fingerprint density at radius 1 is 1.50 bits per heavy atom. The number of hydrogen-bond donors (Lipinski definition) is 3. The summed E-state index contributed by atoms with van der Waals surface area (Å²) >= 11 is 0. The van der Waals surface area contributed by atoms with Gasteiger partial charge in [-0.25, -0.2) is 0 Å². The first-order valence-corrected chi connectivity index (χ1v) is 5.57. The van der Waals surface area contributed by atoms with Gasteiger partial charge in [0.15, 0.2) is 0 Å². The molecular formula is C12H14N2O4. The van der Waals surface area contributed by atoms with Crippen molar-refractivity contribution in [2.45, 2.75) is 25.4 Å². The first kappa shape index (κ1) is 12.5. The third kappa shape index (κ3) is 1.95. The van der Waals surface area contributed by atoms with Gasteiger partial charge in [0.1, 0.15) is 6.04 Å². The van der Waals surface area contributed by atoms with Crippen LogP contribution in [0.2, 0.25) is 0 Å². The van der Waals surface area contributed by atoms with E-state index in [0.717, 1.165) is 0 Å². The zero-order valence-electron chi connectivity index (χ0n) is 9.83. The Morgan fingerprint density at radius 3 is 2.72 bits per heavy atom. The third-order valence-electron chi connectivity index (χ3n) is 3.44. The summed E-state index contributed by atoms with van der Waals surface area (Å²) in [5, 5.41) is 21.2. The van der Waals surface area contributed by atoms with Crippen LogP contribution in [0.5, 0.6) is 0 Å². The summed E-state index contributed by atoms with van der Waals surface area (Å²) in [7, 11) is 0. The number of nitrogens with one attached hydrogen (secondary N) is 1. The first-order valence-electron chi connectivity index (χ1n) is 5.57. The van der Waals surface area contributed by atoms with Gasteiger partial charge in [-0.3, -0.25) is 19.9 Å². The van der Waals surface area contributed by atoms with E-state index >= 15 is 0 Å². The Hall–Kier alpha value is -1.95. The van der Waals surface area contributed by atoms with Crippen LogP contribution in [-0.2, 0) is 9.59 Å². The Morgan fingerprint density at radius 2 is 2.22 bits per heavy atom. The summed E-state index contributed by atoms with van der Waals surface area (Å²) in [6.07, 6.45) is 3.20. The largest absolute Gasteiger partial charge is 0.481 e. The molecule has 0 radical (unpaired) electrons. The van der Waals surface area contributed by atoms with Crippen molar-refractivity contribution in [2.75, 3.05) is 0 Å². The third-order valence-corrected chi connectivity index (χ3v) is 3.44. The van der Waals surface area contributed by atoms with Gasteiger partial charge in [-0.05, 0) is 25.0 Å². The van der Waals surface area contributed by atoms with E-state index in [9.17, 15) is 14.7 Å². The molecule has 96 valence electrons. The van der Waals surface area contributed by atoms with Crippen molar-refractivity contribution in [2.24, 2.45) is 5.41 Å². The van der Waals surface area contributed by atoms with Crippen LogP contribution in [0.3, 0.4) is 0 Å². The van der Waals surface area contributed by atoms with Gasteiger partial charge in [-0.2, -0.15) is 0 Å². The summed E-state index contributed by atoms with van der Waals surface area (Å²) in [4.78, 5) is 26.4. The lowest BCUT2D eigenvalue weighted by molar-refractivity contribution is -0.148. The molecule has 6 heteroatoms. The molecule has 0 spiro atoms. The van der Waals surface area contributed by atoms with Crippen molar-refractivity contribution >= 4 is 11.9 Å². The number of rotatable bonds is 3. The van der Waals surface area contributed by atoms with Crippen LogP contribution in [-0.4, -0.2) is 33.2 Å². The molecule has 1 fully saturated rings. The molecule has 3 N–H and O–H groups in total. The zero-order chi connectivity index (χ0) is 13.3. The SMILES string of the molecule is C[C@]1(C(=O)O)C[C@@H](C(=O)O)N[C@H]1c1cccnc1. The average molecular weight is 250 g/mol. The van der Waals surface area contributed by atoms with Gasteiger partial charge >= 0.3 is 11.9 Å². The van der Waals surface area contributed by atoms with Crippen LogP contribution in [0, 0.1) is 5.41 Å². The molecule has 0 unspecified atom stereocenters. The fourth-order valence-electron chi connectivity index (χ4n) is 2.37. The Bertz CT molecular complexity index is 476. The smallest absolute Gasteiger partial charge is 0.320 e. The molecular weight excluding hydrogens is 236 g/mol. The van der Waals surface area contributed by atoms with Crippen molar-refractivity contribution in [1.29, 1.82) is 0 Å². The van der Waals surface area contributed by atoms with E-state index in [1.807, 2.05) is 0 Å². The highest BCUT2D eigenvalue weighted by Crippen LogP contribution is 2.43. The summed E-state index contributed by atoms with van der Waals surface area (Å²) in [6, 6.07) is 2.05. The molecule has 3 atom stereocenters. The maximum atomic E-state index is 11.4. The van der Waals surface area contributed by atoms with E-state index in [0.29, 0.717) is 5.56 Å².